The number of hydrogen-bond acceptors (Lipinski definition) is 1. The highest BCUT2D eigenvalue weighted by Gasteiger charge is 2.14. The third-order valence-corrected chi connectivity index (χ3v) is 2.50. The Labute approximate surface area is 109 Å². The molecule has 0 aliphatic heterocycles. The second kappa shape index (κ2) is 5.61. The van der Waals surface area contributed by atoms with E-state index in [2.05, 4.69) is 6.58 Å². The van der Waals surface area contributed by atoms with E-state index in [9.17, 15) is 13.2 Å². The summed E-state index contributed by atoms with van der Waals surface area (Å²) in [6.07, 6.45) is 1.47. The molecule has 0 saturated carbocycles. The maximum Gasteiger partial charge on any atom is 0.137 e. The van der Waals surface area contributed by atoms with Gasteiger partial charge in [-0.2, -0.15) is 0 Å². The fourth-order valence-corrected chi connectivity index (χ4v) is 1.71. The summed E-state index contributed by atoms with van der Waals surface area (Å²) in [5.74, 6) is -2.09. The van der Waals surface area contributed by atoms with Gasteiger partial charge in [-0.1, -0.05) is 24.8 Å². The lowest BCUT2D eigenvalue weighted by atomic mass is 10.0. The topological polar surface area (TPSA) is 9.23 Å². The van der Waals surface area contributed by atoms with Gasteiger partial charge >= 0.3 is 0 Å². The molecule has 0 heterocycles. The lowest BCUT2D eigenvalue weighted by Crippen LogP contribution is -1.97. The molecule has 0 fully saturated rings. The first-order valence-corrected chi connectivity index (χ1v) is 5.60. The number of benzene rings is 2. The van der Waals surface area contributed by atoms with Crippen LogP contribution < -0.4 is 4.74 Å². The molecule has 0 atom stereocenters. The Morgan fingerprint density at radius 1 is 1.05 bits per heavy atom. The Morgan fingerprint density at radius 2 is 1.74 bits per heavy atom. The Morgan fingerprint density at radius 3 is 2.32 bits per heavy atom. The molecule has 0 N–H and O–H groups in total. The quantitative estimate of drug-likeness (QED) is 0.746. The Hall–Kier alpha value is -2.23. The van der Waals surface area contributed by atoms with E-state index >= 15 is 0 Å². The largest absolute Gasteiger partial charge is 0.489 e. The summed E-state index contributed by atoms with van der Waals surface area (Å²) in [6.45, 7) is 3.59. The first kappa shape index (κ1) is 13.2. The van der Waals surface area contributed by atoms with Gasteiger partial charge in [-0.3, -0.25) is 0 Å². The Bertz CT molecular complexity index is 585. The van der Waals surface area contributed by atoms with E-state index in [4.69, 9.17) is 4.74 Å². The smallest absolute Gasteiger partial charge is 0.137 e. The number of halogens is 3. The van der Waals surface area contributed by atoms with Crippen LogP contribution in [0.4, 0.5) is 13.2 Å². The molecule has 98 valence electrons. The van der Waals surface area contributed by atoms with Crippen LogP contribution in [0.3, 0.4) is 0 Å². The molecule has 4 heteroatoms. The summed E-state index contributed by atoms with van der Waals surface area (Å²) in [4.78, 5) is 0. The molecule has 0 amide bonds. The van der Waals surface area contributed by atoms with E-state index in [-0.39, 0.29) is 23.5 Å². The molecule has 0 spiro atoms. The van der Waals surface area contributed by atoms with Crippen LogP contribution in [0.1, 0.15) is 0 Å². The van der Waals surface area contributed by atoms with Crippen LogP contribution >= 0.6 is 0 Å². The molecule has 19 heavy (non-hydrogen) atoms. The van der Waals surface area contributed by atoms with Crippen LogP contribution in [0.5, 0.6) is 5.75 Å². The molecule has 0 unspecified atom stereocenters. The zero-order chi connectivity index (χ0) is 13.8. The van der Waals surface area contributed by atoms with E-state index in [1.54, 1.807) is 0 Å². The van der Waals surface area contributed by atoms with Crippen molar-refractivity contribution in [2.24, 2.45) is 0 Å². The van der Waals surface area contributed by atoms with Gasteiger partial charge < -0.3 is 4.74 Å². The second-order valence-electron chi connectivity index (χ2n) is 3.87. The first-order chi connectivity index (χ1) is 9.11. The summed E-state index contributed by atoms with van der Waals surface area (Å²) in [7, 11) is 0. The average Bonchev–Trinajstić information content (AvgIpc) is 2.35. The van der Waals surface area contributed by atoms with Crippen LogP contribution in [0, 0.1) is 17.5 Å². The molecule has 0 aromatic heterocycles. The van der Waals surface area contributed by atoms with Crippen LogP contribution in [0.2, 0.25) is 0 Å². The Kier molecular flexibility index (Phi) is 3.90. The van der Waals surface area contributed by atoms with E-state index < -0.39 is 17.5 Å². The van der Waals surface area contributed by atoms with Crippen molar-refractivity contribution in [3.8, 4) is 16.9 Å². The van der Waals surface area contributed by atoms with E-state index in [0.717, 1.165) is 18.2 Å². The molecule has 0 aliphatic rings. The van der Waals surface area contributed by atoms with Crippen molar-refractivity contribution in [3.05, 3.63) is 66.5 Å². The SMILES string of the molecule is C=CCOc1cc(F)c(-c2cccc(F)c2)c(F)c1. The third kappa shape index (κ3) is 2.96. The third-order valence-electron chi connectivity index (χ3n) is 2.50. The Balaban J connectivity index is 2.44. The molecule has 2 rings (SSSR count). The maximum atomic E-state index is 13.9. The van der Waals surface area contributed by atoms with Crippen molar-refractivity contribution < 1.29 is 17.9 Å². The highest BCUT2D eigenvalue weighted by molar-refractivity contribution is 5.65. The highest BCUT2D eigenvalue weighted by atomic mass is 19.1. The second-order valence-corrected chi connectivity index (χ2v) is 3.87. The molecule has 2 aromatic rings. The lowest BCUT2D eigenvalue weighted by molar-refractivity contribution is 0.358. The van der Waals surface area contributed by atoms with Crippen molar-refractivity contribution in [2.75, 3.05) is 6.61 Å². The number of rotatable bonds is 4. The normalized spacial score (nSPS) is 10.3. The van der Waals surface area contributed by atoms with Crippen molar-refractivity contribution in [2.45, 2.75) is 0 Å². The van der Waals surface area contributed by atoms with Gasteiger partial charge in [-0.05, 0) is 17.7 Å². The molecular weight excluding hydrogens is 253 g/mol. The minimum atomic E-state index is -0.801. The monoisotopic (exact) mass is 264 g/mol. The van der Waals surface area contributed by atoms with Gasteiger partial charge in [-0.25, -0.2) is 13.2 Å². The summed E-state index contributed by atoms with van der Waals surface area (Å²) in [5.41, 5.74) is -0.129. The van der Waals surface area contributed by atoms with Gasteiger partial charge in [0.25, 0.3) is 0 Å². The summed E-state index contributed by atoms with van der Waals surface area (Å²) in [5, 5.41) is 0. The standard InChI is InChI=1S/C15H11F3O/c1-2-6-19-12-8-13(17)15(14(18)9-12)10-4-3-5-11(16)7-10/h2-5,7-9H,1,6H2. The zero-order valence-electron chi connectivity index (χ0n) is 10.00. The first-order valence-electron chi connectivity index (χ1n) is 5.60. The van der Waals surface area contributed by atoms with Gasteiger partial charge in [0.15, 0.2) is 0 Å². The number of hydrogen-bond donors (Lipinski definition) is 0. The fourth-order valence-electron chi connectivity index (χ4n) is 1.71. The number of ether oxygens (including phenoxy) is 1. The summed E-state index contributed by atoms with van der Waals surface area (Å²) >= 11 is 0. The van der Waals surface area contributed by atoms with Crippen LogP contribution in [0.25, 0.3) is 11.1 Å². The summed E-state index contributed by atoms with van der Waals surface area (Å²) in [6, 6.07) is 7.24. The molecular formula is C15H11F3O. The van der Waals surface area contributed by atoms with Crippen molar-refractivity contribution in [1.29, 1.82) is 0 Å². The van der Waals surface area contributed by atoms with Gasteiger partial charge in [0.1, 0.15) is 29.8 Å². The summed E-state index contributed by atoms with van der Waals surface area (Å²) < 4.78 is 45.9. The van der Waals surface area contributed by atoms with Gasteiger partial charge in [0.2, 0.25) is 0 Å². The van der Waals surface area contributed by atoms with Gasteiger partial charge in [0.05, 0.1) is 5.56 Å². The predicted molar refractivity (Wildman–Crippen MR) is 67.4 cm³/mol. The molecule has 2 aromatic carbocycles. The molecule has 0 bridgehead atoms. The van der Waals surface area contributed by atoms with Crippen molar-refractivity contribution in [3.63, 3.8) is 0 Å². The fraction of sp³-hybridized carbons (Fsp3) is 0.0667. The predicted octanol–water partition coefficient (Wildman–Crippen LogP) is 4.34. The van der Waals surface area contributed by atoms with Crippen molar-refractivity contribution >= 4 is 0 Å². The lowest BCUT2D eigenvalue weighted by Gasteiger charge is -2.09. The van der Waals surface area contributed by atoms with Crippen molar-refractivity contribution in [1.82, 2.24) is 0 Å². The van der Waals surface area contributed by atoms with E-state index in [1.807, 2.05) is 0 Å². The molecule has 0 aliphatic carbocycles. The minimum Gasteiger partial charge on any atom is -0.489 e. The van der Waals surface area contributed by atoms with E-state index in [1.165, 1.54) is 24.3 Å². The molecule has 1 nitrogen and oxygen atoms in total. The molecule has 0 radical (unpaired) electrons. The van der Waals surface area contributed by atoms with Crippen LogP contribution in [-0.4, -0.2) is 6.61 Å². The van der Waals surface area contributed by atoms with Gasteiger partial charge in [0, 0.05) is 12.1 Å². The van der Waals surface area contributed by atoms with E-state index in [0.29, 0.717) is 0 Å². The molecule has 0 saturated heterocycles. The van der Waals surface area contributed by atoms with Crippen LogP contribution in [0.15, 0.2) is 49.1 Å². The average molecular weight is 264 g/mol. The van der Waals surface area contributed by atoms with Gasteiger partial charge in [-0.15, -0.1) is 0 Å². The minimum absolute atomic E-state index is 0.0649. The zero-order valence-corrected chi connectivity index (χ0v) is 10.00. The highest BCUT2D eigenvalue weighted by Crippen LogP contribution is 2.30. The maximum absolute atomic E-state index is 13.9. The van der Waals surface area contributed by atoms with Crippen LogP contribution in [-0.2, 0) is 0 Å².